The molecule has 0 aliphatic rings. The zero-order valence-electron chi connectivity index (χ0n) is 17.4. The van der Waals surface area contributed by atoms with Crippen LogP contribution in [-0.2, 0) is 21.7 Å². The van der Waals surface area contributed by atoms with Crippen molar-refractivity contribution in [2.24, 2.45) is 0 Å². The van der Waals surface area contributed by atoms with Crippen LogP contribution in [0.2, 0.25) is 0 Å². The Balaban J connectivity index is 0. The van der Waals surface area contributed by atoms with E-state index in [1.807, 2.05) is 50.6 Å². The molecule has 25 heavy (non-hydrogen) atoms. The van der Waals surface area contributed by atoms with Crippen molar-refractivity contribution in [3.05, 3.63) is 77.7 Å². The van der Waals surface area contributed by atoms with E-state index >= 15 is 0 Å². The molecule has 135 valence electrons. The molecule has 0 saturated heterocycles. The van der Waals surface area contributed by atoms with Crippen molar-refractivity contribution in [2.75, 3.05) is 0 Å². The number of hydrogen-bond donors (Lipinski definition) is 0. The minimum atomic E-state index is 0. The van der Waals surface area contributed by atoms with Gasteiger partial charge < -0.3 is 6.42 Å². The van der Waals surface area contributed by atoms with Crippen LogP contribution in [0.3, 0.4) is 0 Å². The van der Waals surface area contributed by atoms with Gasteiger partial charge in [-0.05, 0) is 11.8 Å². The standard InChI is InChI=1S/C15H23.C6H5.C3H7.Ti/c1-10(2)13-8-7-9-14(11(3)4)15(13)12(5)6;1-2-4-6-5-3-1;1-3-2;/h7-8,10-12H,1-6H3;1-5H;3H,1-2H3;/q3*-1;+3. The second-order valence-corrected chi connectivity index (χ2v) is 6.88. The van der Waals surface area contributed by atoms with Gasteiger partial charge in [0.15, 0.2) is 0 Å². The van der Waals surface area contributed by atoms with Crippen LogP contribution in [-0.4, -0.2) is 0 Å². The second-order valence-electron chi connectivity index (χ2n) is 6.88. The van der Waals surface area contributed by atoms with E-state index in [1.165, 1.54) is 16.7 Å². The third kappa shape index (κ3) is 10.7. The van der Waals surface area contributed by atoms with Crippen LogP contribution in [0.25, 0.3) is 0 Å². The van der Waals surface area contributed by atoms with Gasteiger partial charge in [-0.2, -0.15) is 79.6 Å². The average Bonchev–Trinajstić information content (AvgIpc) is 2.56. The fourth-order valence-electron chi connectivity index (χ4n) is 2.51. The van der Waals surface area contributed by atoms with Crippen LogP contribution < -0.4 is 0 Å². The van der Waals surface area contributed by atoms with Crippen LogP contribution in [0.5, 0.6) is 0 Å². The summed E-state index contributed by atoms with van der Waals surface area (Å²) in [5.74, 6) is 1.77. The van der Waals surface area contributed by atoms with Gasteiger partial charge in [-0.1, -0.05) is 47.5 Å². The first kappa shape index (κ1) is 26.4. The molecule has 0 aliphatic heterocycles. The fraction of sp³-hybridized carbons (Fsp3) is 0.458. The van der Waals surface area contributed by atoms with Crippen LogP contribution in [0, 0.1) is 18.6 Å². The first-order valence-electron chi connectivity index (χ1n) is 9.06. The molecular formula is C24H35Ti. The first-order valence-corrected chi connectivity index (χ1v) is 9.06. The molecule has 1 heteroatoms. The van der Waals surface area contributed by atoms with Gasteiger partial charge in [-0.25, -0.2) is 0 Å². The Morgan fingerprint density at radius 2 is 1.28 bits per heavy atom. The molecule has 0 amide bonds. The maximum Gasteiger partial charge on any atom is 3.00 e. The number of rotatable bonds is 3. The Hall–Kier alpha value is -0.846. The molecule has 0 unspecified atom stereocenters. The molecule has 0 spiro atoms. The van der Waals surface area contributed by atoms with E-state index in [4.69, 9.17) is 0 Å². The van der Waals surface area contributed by atoms with Crippen molar-refractivity contribution in [3.63, 3.8) is 0 Å². The maximum atomic E-state index is 3.41. The molecule has 0 aromatic heterocycles. The van der Waals surface area contributed by atoms with E-state index in [0.29, 0.717) is 17.8 Å². The maximum absolute atomic E-state index is 3.41. The third-order valence-corrected chi connectivity index (χ3v) is 3.49. The summed E-state index contributed by atoms with van der Waals surface area (Å²) in [6, 6.07) is 20.2. The van der Waals surface area contributed by atoms with Crippen molar-refractivity contribution in [1.29, 1.82) is 0 Å². The Labute approximate surface area is 172 Å². The Bertz CT molecular complexity index is 474. The normalized spacial score (nSPS) is 9.72. The Morgan fingerprint density at radius 3 is 1.56 bits per heavy atom. The van der Waals surface area contributed by atoms with Crippen molar-refractivity contribution >= 4 is 0 Å². The van der Waals surface area contributed by atoms with Gasteiger partial charge in [0.2, 0.25) is 0 Å². The van der Waals surface area contributed by atoms with Gasteiger partial charge in [0.05, 0.1) is 0 Å². The summed E-state index contributed by atoms with van der Waals surface area (Å²) >= 11 is 0. The molecule has 0 bridgehead atoms. The molecule has 0 heterocycles. The molecule has 0 nitrogen and oxygen atoms in total. The minimum Gasteiger partial charge on any atom is -0.335 e. The summed E-state index contributed by atoms with van der Waals surface area (Å²) in [4.78, 5) is 0. The molecule has 0 aliphatic carbocycles. The van der Waals surface area contributed by atoms with Gasteiger partial charge in [0, 0.05) is 0 Å². The molecular weight excluding hydrogens is 336 g/mol. The molecule has 0 N–H and O–H groups in total. The molecule has 2 aromatic rings. The molecule has 2 rings (SSSR count). The molecule has 0 fully saturated rings. The fourth-order valence-corrected chi connectivity index (χ4v) is 2.51. The van der Waals surface area contributed by atoms with E-state index in [2.05, 4.69) is 65.8 Å². The van der Waals surface area contributed by atoms with Crippen LogP contribution >= 0.6 is 0 Å². The molecule has 1 radical (unpaired) electrons. The van der Waals surface area contributed by atoms with Crippen LogP contribution in [0.4, 0.5) is 0 Å². The van der Waals surface area contributed by atoms with Crippen LogP contribution in [0.15, 0.2) is 42.5 Å². The van der Waals surface area contributed by atoms with Gasteiger partial charge in [0.25, 0.3) is 0 Å². The van der Waals surface area contributed by atoms with Gasteiger partial charge in [-0.3, -0.25) is 0 Å². The summed E-state index contributed by atoms with van der Waals surface area (Å²) in [6.07, 6.45) is 2.00. The largest absolute Gasteiger partial charge is 3.00 e. The van der Waals surface area contributed by atoms with E-state index in [9.17, 15) is 0 Å². The monoisotopic (exact) mass is 371 g/mol. The van der Waals surface area contributed by atoms with Crippen molar-refractivity contribution in [2.45, 2.75) is 73.1 Å². The van der Waals surface area contributed by atoms with E-state index in [0.717, 1.165) is 0 Å². The third-order valence-electron chi connectivity index (χ3n) is 3.49. The van der Waals surface area contributed by atoms with Gasteiger partial charge in [-0.15, -0.1) is 5.56 Å². The van der Waals surface area contributed by atoms with E-state index in [1.54, 1.807) is 0 Å². The van der Waals surface area contributed by atoms with Crippen molar-refractivity contribution in [3.8, 4) is 0 Å². The summed E-state index contributed by atoms with van der Waals surface area (Å²) in [6.45, 7) is 17.6. The Morgan fingerprint density at radius 1 is 0.760 bits per heavy atom. The quantitative estimate of drug-likeness (QED) is 0.385. The van der Waals surface area contributed by atoms with Gasteiger partial charge >= 0.3 is 21.7 Å². The molecule has 0 saturated carbocycles. The SMILES string of the molecule is CC(C)c1[c-]ccc(C(C)C)c1C(C)C.C[CH-]C.[Ti+3].[c-]1ccccc1. The van der Waals surface area contributed by atoms with Crippen molar-refractivity contribution < 1.29 is 21.7 Å². The number of hydrogen-bond acceptors (Lipinski definition) is 0. The summed E-state index contributed by atoms with van der Waals surface area (Å²) in [7, 11) is 0. The number of benzene rings is 2. The van der Waals surface area contributed by atoms with Gasteiger partial charge in [0.1, 0.15) is 0 Å². The molecule has 0 atom stereocenters. The molecule has 2 aromatic carbocycles. The predicted molar refractivity (Wildman–Crippen MR) is 108 cm³/mol. The summed E-state index contributed by atoms with van der Waals surface area (Å²) in [5.41, 5.74) is 4.41. The summed E-state index contributed by atoms with van der Waals surface area (Å²) < 4.78 is 0. The Kier molecular flexibility index (Phi) is 16.3. The van der Waals surface area contributed by atoms with E-state index < -0.39 is 0 Å². The minimum absolute atomic E-state index is 0. The van der Waals surface area contributed by atoms with Crippen molar-refractivity contribution in [1.82, 2.24) is 0 Å². The smallest absolute Gasteiger partial charge is 0.335 e. The zero-order chi connectivity index (χ0) is 18.5. The zero-order valence-corrected chi connectivity index (χ0v) is 18.9. The second kappa shape index (κ2) is 15.4. The van der Waals surface area contributed by atoms with Crippen LogP contribution in [0.1, 0.15) is 89.8 Å². The summed E-state index contributed by atoms with van der Waals surface area (Å²) in [5, 5.41) is 0. The first-order chi connectivity index (χ1) is 11.4. The topological polar surface area (TPSA) is 0 Å². The van der Waals surface area contributed by atoms with E-state index in [-0.39, 0.29) is 21.7 Å². The predicted octanol–water partition coefficient (Wildman–Crippen LogP) is 7.57. The average molecular weight is 371 g/mol.